The first-order chi connectivity index (χ1) is 15.5. The molecule has 1 aliphatic heterocycles. The highest BCUT2D eigenvalue weighted by molar-refractivity contribution is 5.97. The number of nitrogens with two attached hydrogens (primary N) is 1. The number of carbonyl (C=O) groups is 1. The number of rotatable bonds is 5. The largest absolute Gasteiger partial charge is 0.457 e. The molecule has 4 aromatic rings. The van der Waals surface area contributed by atoms with Crippen molar-refractivity contribution in [3.05, 3.63) is 73.1 Å². The zero-order valence-electron chi connectivity index (χ0n) is 17.6. The monoisotopic (exact) mass is 428 g/mol. The molecule has 0 saturated carbocycles. The van der Waals surface area contributed by atoms with Crippen molar-refractivity contribution in [1.82, 2.24) is 14.8 Å². The first-order valence-corrected chi connectivity index (χ1v) is 10.2. The molecule has 2 aromatic heterocycles. The highest BCUT2D eigenvalue weighted by Gasteiger charge is 2.30. The first kappa shape index (κ1) is 19.7. The molecule has 160 valence electrons. The fourth-order valence-corrected chi connectivity index (χ4v) is 3.76. The number of nitrogens with zero attached hydrogens (tertiary/aromatic N) is 4. The number of ether oxygens (including phenoxy) is 2. The molecule has 2 aromatic carbocycles. The maximum Gasteiger partial charge on any atom is 0.333 e. The zero-order valence-corrected chi connectivity index (χ0v) is 17.6. The maximum atomic E-state index is 11.7. The van der Waals surface area contributed by atoms with E-state index in [9.17, 15) is 4.79 Å². The van der Waals surface area contributed by atoms with Gasteiger partial charge in [0.05, 0.1) is 13.6 Å². The summed E-state index contributed by atoms with van der Waals surface area (Å²) in [6.07, 6.45) is 1.79. The highest BCUT2D eigenvalue weighted by Crippen LogP contribution is 2.32. The normalized spacial score (nSPS) is 15.8. The Bertz CT molecular complexity index is 1310. The lowest BCUT2D eigenvalue weighted by Crippen LogP contribution is -2.32. The Morgan fingerprint density at radius 3 is 2.59 bits per heavy atom. The SMILES string of the molecule is C=C1CC(Cn2nc(-c3ccc(Oc4ccccc4)cc3)c3c(N)[n+](C)cnc32)OC1=O. The molecule has 0 radical (unpaired) electrons. The molecule has 2 N–H and O–H groups in total. The summed E-state index contributed by atoms with van der Waals surface area (Å²) in [6, 6.07) is 17.3. The number of nitrogen functional groups attached to an aromatic ring is 1. The number of hydrogen-bond acceptors (Lipinski definition) is 6. The van der Waals surface area contributed by atoms with Crippen molar-refractivity contribution < 1.29 is 18.8 Å². The average Bonchev–Trinajstić information content (AvgIpc) is 3.31. The van der Waals surface area contributed by atoms with Crippen LogP contribution in [0, 0.1) is 0 Å². The molecule has 1 atom stereocenters. The van der Waals surface area contributed by atoms with Crippen LogP contribution >= 0.6 is 0 Å². The molecule has 0 amide bonds. The van der Waals surface area contributed by atoms with E-state index < -0.39 is 0 Å². The molecule has 8 heteroatoms. The lowest BCUT2D eigenvalue weighted by Gasteiger charge is -2.08. The number of carbonyl (C=O) groups excluding carboxylic acids is 1. The predicted octanol–water partition coefficient (Wildman–Crippen LogP) is 3.17. The molecule has 1 saturated heterocycles. The molecule has 1 fully saturated rings. The quantitative estimate of drug-likeness (QED) is 0.298. The van der Waals surface area contributed by atoms with E-state index >= 15 is 0 Å². The average molecular weight is 428 g/mol. The van der Waals surface area contributed by atoms with Gasteiger partial charge in [-0.25, -0.2) is 14.0 Å². The number of esters is 1. The van der Waals surface area contributed by atoms with Gasteiger partial charge in [-0.3, -0.25) is 0 Å². The van der Waals surface area contributed by atoms with Gasteiger partial charge in [0.2, 0.25) is 17.8 Å². The van der Waals surface area contributed by atoms with E-state index in [4.69, 9.17) is 20.3 Å². The van der Waals surface area contributed by atoms with Crippen molar-refractivity contribution >= 4 is 22.8 Å². The van der Waals surface area contributed by atoms with Gasteiger partial charge in [0.15, 0.2) is 0 Å². The Labute approximate surface area is 184 Å². The van der Waals surface area contributed by atoms with Crippen LogP contribution in [0.4, 0.5) is 5.82 Å². The van der Waals surface area contributed by atoms with Crippen LogP contribution in [0.1, 0.15) is 6.42 Å². The van der Waals surface area contributed by atoms with Gasteiger partial charge >= 0.3 is 5.97 Å². The predicted molar refractivity (Wildman–Crippen MR) is 119 cm³/mol. The molecule has 0 bridgehead atoms. The Morgan fingerprint density at radius 2 is 1.91 bits per heavy atom. The Balaban J connectivity index is 1.51. The highest BCUT2D eigenvalue weighted by atomic mass is 16.5. The van der Waals surface area contributed by atoms with Gasteiger partial charge in [0.25, 0.3) is 0 Å². The van der Waals surface area contributed by atoms with Gasteiger partial charge in [-0.2, -0.15) is 5.10 Å². The number of benzene rings is 2. The van der Waals surface area contributed by atoms with Crippen LogP contribution in [0.25, 0.3) is 22.3 Å². The minimum Gasteiger partial charge on any atom is -0.457 e. The van der Waals surface area contributed by atoms with Crippen LogP contribution in [0.3, 0.4) is 0 Å². The number of anilines is 1. The molecule has 8 nitrogen and oxygen atoms in total. The molecule has 5 rings (SSSR count). The second-order valence-corrected chi connectivity index (χ2v) is 7.74. The van der Waals surface area contributed by atoms with Gasteiger partial charge in [-0.15, -0.1) is 0 Å². The fraction of sp³-hybridized carbons (Fsp3) is 0.167. The second kappa shape index (κ2) is 7.81. The number of hydrogen-bond donors (Lipinski definition) is 1. The Morgan fingerprint density at radius 1 is 1.19 bits per heavy atom. The summed E-state index contributed by atoms with van der Waals surface area (Å²) in [5, 5.41) is 5.53. The molecule has 0 aliphatic carbocycles. The topological polar surface area (TPSA) is 96.1 Å². The van der Waals surface area contributed by atoms with E-state index in [1.807, 2.05) is 61.6 Å². The molecular formula is C24H22N5O3+. The van der Waals surface area contributed by atoms with E-state index in [2.05, 4.69) is 11.6 Å². The number of aromatic nitrogens is 4. The minimum atomic E-state index is -0.362. The van der Waals surface area contributed by atoms with Crippen molar-refractivity contribution in [2.75, 3.05) is 5.73 Å². The van der Waals surface area contributed by atoms with Gasteiger partial charge < -0.3 is 15.2 Å². The van der Waals surface area contributed by atoms with E-state index in [-0.39, 0.29) is 12.1 Å². The standard InChI is InChI=1S/C24H21N5O3/c1-15-12-19(32-24(15)30)13-29-23-20(22(25)28(2)14-26-23)21(27-29)16-8-10-18(11-9-16)31-17-6-4-3-5-7-17/h3-11,14,19,25H,1,12-13H2,2H3/p+1. The van der Waals surface area contributed by atoms with Crippen molar-refractivity contribution in [3.8, 4) is 22.8 Å². The Hall–Kier alpha value is -4.20. The van der Waals surface area contributed by atoms with Crippen LogP contribution in [0.5, 0.6) is 11.5 Å². The summed E-state index contributed by atoms with van der Waals surface area (Å²) in [5.41, 5.74) is 9.09. The van der Waals surface area contributed by atoms with Crippen LogP contribution in [-0.4, -0.2) is 26.8 Å². The number of cyclic esters (lactones) is 1. The summed E-state index contributed by atoms with van der Waals surface area (Å²) in [4.78, 5) is 16.3. The fourth-order valence-electron chi connectivity index (χ4n) is 3.76. The third-order valence-corrected chi connectivity index (χ3v) is 5.43. The van der Waals surface area contributed by atoms with Crippen LogP contribution in [0.2, 0.25) is 0 Å². The molecule has 32 heavy (non-hydrogen) atoms. The molecule has 0 spiro atoms. The van der Waals surface area contributed by atoms with Crippen molar-refractivity contribution in [2.45, 2.75) is 19.1 Å². The van der Waals surface area contributed by atoms with E-state index in [0.717, 1.165) is 22.4 Å². The van der Waals surface area contributed by atoms with Gasteiger partial charge in [-0.1, -0.05) is 29.8 Å². The summed E-state index contributed by atoms with van der Waals surface area (Å²) in [5.74, 6) is 1.67. The Kier molecular flexibility index (Phi) is 4.82. The third kappa shape index (κ3) is 3.56. The molecule has 3 heterocycles. The second-order valence-electron chi connectivity index (χ2n) is 7.74. The van der Waals surface area contributed by atoms with E-state index in [1.54, 1.807) is 15.6 Å². The van der Waals surface area contributed by atoms with Gasteiger partial charge in [-0.05, 0) is 36.4 Å². The summed E-state index contributed by atoms with van der Waals surface area (Å²) in [7, 11) is 1.84. The van der Waals surface area contributed by atoms with Gasteiger partial charge in [0.1, 0.15) is 28.7 Å². The van der Waals surface area contributed by atoms with Gasteiger partial charge in [0, 0.05) is 17.6 Å². The summed E-state index contributed by atoms with van der Waals surface area (Å²) < 4.78 is 14.8. The maximum absolute atomic E-state index is 11.7. The lowest BCUT2D eigenvalue weighted by molar-refractivity contribution is -0.658. The number of aryl methyl sites for hydroxylation is 1. The van der Waals surface area contributed by atoms with Crippen molar-refractivity contribution in [1.29, 1.82) is 0 Å². The molecule has 1 aliphatic rings. The van der Waals surface area contributed by atoms with Crippen molar-refractivity contribution in [3.63, 3.8) is 0 Å². The molecule has 1 unspecified atom stereocenters. The zero-order chi connectivity index (χ0) is 22.2. The van der Waals surface area contributed by atoms with Crippen LogP contribution in [-0.2, 0) is 23.1 Å². The van der Waals surface area contributed by atoms with E-state index in [1.165, 1.54) is 0 Å². The lowest BCUT2D eigenvalue weighted by atomic mass is 10.1. The number of para-hydroxylation sites is 1. The smallest absolute Gasteiger partial charge is 0.333 e. The summed E-state index contributed by atoms with van der Waals surface area (Å²) >= 11 is 0. The first-order valence-electron chi connectivity index (χ1n) is 10.2. The van der Waals surface area contributed by atoms with Crippen molar-refractivity contribution in [2.24, 2.45) is 7.05 Å². The van der Waals surface area contributed by atoms with Crippen LogP contribution in [0.15, 0.2) is 73.1 Å². The van der Waals surface area contributed by atoms with E-state index in [0.29, 0.717) is 35.7 Å². The number of fused-ring (bicyclic) bond motifs is 1. The minimum absolute atomic E-state index is 0.329. The summed E-state index contributed by atoms with van der Waals surface area (Å²) in [6.45, 7) is 4.12. The molecular weight excluding hydrogens is 406 g/mol. The van der Waals surface area contributed by atoms with Crippen LogP contribution < -0.4 is 15.0 Å². The third-order valence-electron chi connectivity index (χ3n) is 5.43.